The van der Waals surface area contributed by atoms with Crippen LogP contribution in [0.4, 0.5) is 5.69 Å². The van der Waals surface area contributed by atoms with Crippen molar-refractivity contribution in [1.29, 1.82) is 0 Å². The van der Waals surface area contributed by atoms with Gasteiger partial charge in [0.15, 0.2) is 0 Å². The van der Waals surface area contributed by atoms with E-state index in [0.717, 1.165) is 15.7 Å². The Labute approximate surface area is 120 Å². The van der Waals surface area contributed by atoms with Gasteiger partial charge in [-0.1, -0.05) is 45.7 Å². The van der Waals surface area contributed by atoms with Gasteiger partial charge in [0.25, 0.3) is 0 Å². The van der Waals surface area contributed by atoms with Gasteiger partial charge >= 0.3 is 0 Å². The molecule has 2 N–H and O–H groups in total. The number of aromatic hydroxyl groups is 1. The van der Waals surface area contributed by atoms with Crippen LogP contribution in [0.1, 0.15) is 11.1 Å². The number of hydrogen-bond donors (Lipinski definition) is 2. The van der Waals surface area contributed by atoms with Crippen LogP contribution in [0.2, 0.25) is 5.02 Å². The summed E-state index contributed by atoms with van der Waals surface area (Å²) in [5.41, 5.74) is 2.96. The molecule has 0 aromatic heterocycles. The van der Waals surface area contributed by atoms with Crippen LogP contribution < -0.4 is 5.32 Å². The lowest BCUT2D eigenvalue weighted by atomic mass is 10.2. The second kappa shape index (κ2) is 5.63. The van der Waals surface area contributed by atoms with Crippen molar-refractivity contribution >= 4 is 33.2 Å². The highest BCUT2D eigenvalue weighted by Gasteiger charge is 2.05. The number of para-hydroxylation sites is 1. The molecule has 0 atom stereocenters. The van der Waals surface area contributed by atoms with Gasteiger partial charge in [-0.15, -0.1) is 0 Å². The highest BCUT2D eigenvalue weighted by molar-refractivity contribution is 9.10. The number of aryl methyl sites for hydroxylation is 1. The minimum absolute atomic E-state index is 0.137. The number of anilines is 1. The Morgan fingerprint density at radius 2 is 2.06 bits per heavy atom. The second-order valence-electron chi connectivity index (χ2n) is 4.07. The molecule has 0 aliphatic carbocycles. The van der Waals surface area contributed by atoms with Crippen LogP contribution >= 0.6 is 27.5 Å². The van der Waals surface area contributed by atoms with Crippen LogP contribution in [-0.2, 0) is 6.54 Å². The summed E-state index contributed by atoms with van der Waals surface area (Å²) < 4.78 is 1.06. The molecule has 2 rings (SSSR count). The van der Waals surface area contributed by atoms with Crippen molar-refractivity contribution in [2.45, 2.75) is 13.5 Å². The molecule has 0 radical (unpaired) electrons. The molecule has 0 fully saturated rings. The molecule has 4 heteroatoms. The third-order valence-corrected chi connectivity index (χ3v) is 3.88. The third-order valence-electron chi connectivity index (χ3n) is 2.73. The minimum Gasteiger partial charge on any atom is -0.506 e. The molecule has 2 aromatic carbocycles. The van der Waals surface area contributed by atoms with Crippen molar-refractivity contribution in [1.82, 2.24) is 0 Å². The first-order valence-corrected chi connectivity index (χ1v) is 6.71. The lowest BCUT2D eigenvalue weighted by Gasteiger charge is -2.10. The number of phenolic OH excluding ortho intramolecular Hbond substituents is 1. The molecule has 2 nitrogen and oxygen atoms in total. The topological polar surface area (TPSA) is 32.3 Å². The average Bonchev–Trinajstić information content (AvgIpc) is 2.35. The Bertz CT molecular complexity index is 572. The molecule has 94 valence electrons. The van der Waals surface area contributed by atoms with Gasteiger partial charge < -0.3 is 10.4 Å². The summed E-state index contributed by atoms with van der Waals surface area (Å²) in [6.45, 7) is 2.57. The molecule has 0 heterocycles. The molecule has 0 amide bonds. The molecule has 0 saturated heterocycles. The Morgan fingerprint density at radius 3 is 2.78 bits per heavy atom. The van der Waals surface area contributed by atoms with Crippen molar-refractivity contribution in [3.8, 4) is 5.75 Å². The van der Waals surface area contributed by atoms with E-state index in [1.54, 1.807) is 6.07 Å². The van der Waals surface area contributed by atoms with E-state index in [9.17, 15) is 5.11 Å². The fraction of sp³-hybridized carbons (Fsp3) is 0.143. The Morgan fingerprint density at radius 1 is 1.28 bits per heavy atom. The fourth-order valence-electron chi connectivity index (χ4n) is 1.60. The van der Waals surface area contributed by atoms with E-state index in [4.69, 9.17) is 11.6 Å². The van der Waals surface area contributed by atoms with Crippen LogP contribution in [-0.4, -0.2) is 5.11 Å². The predicted octanol–water partition coefficient (Wildman–Crippen LogP) is 4.73. The molecule has 2 aromatic rings. The van der Waals surface area contributed by atoms with E-state index in [1.807, 2.05) is 37.3 Å². The van der Waals surface area contributed by atoms with Gasteiger partial charge in [-0.2, -0.15) is 0 Å². The van der Waals surface area contributed by atoms with Crippen LogP contribution in [0, 0.1) is 6.92 Å². The summed E-state index contributed by atoms with van der Waals surface area (Å²) in [5, 5.41) is 13.4. The first-order chi connectivity index (χ1) is 8.58. The molecule has 0 bridgehead atoms. The second-order valence-corrected chi connectivity index (χ2v) is 5.33. The van der Waals surface area contributed by atoms with Crippen LogP contribution in [0.25, 0.3) is 0 Å². The number of halogens is 2. The predicted molar refractivity (Wildman–Crippen MR) is 79.3 cm³/mol. The fourth-order valence-corrected chi connectivity index (χ4v) is 2.18. The molecule has 0 saturated carbocycles. The van der Waals surface area contributed by atoms with Gasteiger partial charge in [0.2, 0.25) is 0 Å². The monoisotopic (exact) mass is 325 g/mol. The van der Waals surface area contributed by atoms with Crippen molar-refractivity contribution < 1.29 is 5.11 Å². The molecular weight excluding hydrogens is 314 g/mol. The van der Waals surface area contributed by atoms with Gasteiger partial charge in [0.05, 0.1) is 5.02 Å². The van der Waals surface area contributed by atoms with E-state index in [-0.39, 0.29) is 5.75 Å². The molecule has 0 aliphatic heterocycles. The average molecular weight is 327 g/mol. The molecule has 0 spiro atoms. The first-order valence-electron chi connectivity index (χ1n) is 5.54. The number of nitrogens with one attached hydrogen (secondary N) is 1. The number of phenols is 1. The summed E-state index contributed by atoms with van der Waals surface area (Å²) in [5.74, 6) is 0.137. The SMILES string of the molecule is Cc1ccc(NCc2cccc(Cl)c2O)cc1Br. The van der Waals surface area contributed by atoms with E-state index in [1.165, 1.54) is 5.56 Å². The van der Waals surface area contributed by atoms with E-state index in [2.05, 4.69) is 21.2 Å². The molecule has 0 aliphatic rings. The zero-order valence-electron chi connectivity index (χ0n) is 9.87. The Hall–Kier alpha value is -1.19. The maximum absolute atomic E-state index is 9.79. The lowest BCUT2D eigenvalue weighted by Crippen LogP contribution is -2.00. The zero-order chi connectivity index (χ0) is 13.1. The Balaban J connectivity index is 2.11. The van der Waals surface area contributed by atoms with Gasteiger partial charge in [-0.3, -0.25) is 0 Å². The van der Waals surface area contributed by atoms with Gasteiger partial charge in [-0.25, -0.2) is 0 Å². The summed E-state index contributed by atoms with van der Waals surface area (Å²) >= 11 is 9.34. The van der Waals surface area contributed by atoms with Crippen molar-refractivity contribution in [2.75, 3.05) is 5.32 Å². The van der Waals surface area contributed by atoms with Gasteiger partial charge in [0.1, 0.15) is 5.75 Å². The normalized spacial score (nSPS) is 10.4. The maximum Gasteiger partial charge on any atom is 0.139 e. The zero-order valence-corrected chi connectivity index (χ0v) is 12.2. The number of rotatable bonds is 3. The van der Waals surface area contributed by atoms with E-state index >= 15 is 0 Å². The summed E-state index contributed by atoms with van der Waals surface area (Å²) in [6, 6.07) is 11.4. The summed E-state index contributed by atoms with van der Waals surface area (Å²) in [4.78, 5) is 0. The van der Waals surface area contributed by atoms with Gasteiger partial charge in [-0.05, 0) is 30.7 Å². The molecular formula is C14H13BrClNO. The van der Waals surface area contributed by atoms with Crippen LogP contribution in [0.5, 0.6) is 5.75 Å². The van der Waals surface area contributed by atoms with E-state index < -0.39 is 0 Å². The third kappa shape index (κ3) is 2.98. The van der Waals surface area contributed by atoms with E-state index in [0.29, 0.717) is 11.6 Å². The van der Waals surface area contributed by atoms with Crippen LogP contribution in [0.3, 0.4) is 0 Å². The number of benzene rings is 2. The first kappa shape index (κ1) is 13.2. The lowest BCUT2D eigenvalue weighted by molar-refractivity contribution is 0.469. The molecule has 18 heavy (non-hydrogen) atoms. The van der Waals surface area contributed by atoms with Crippen LogP contribution in [0.15, 0.2) is 40.9 Å². The summed E-state index contributed by atoms with van der Waals surface area (Å²) in [7, 11) is 0. The largest absolute Gasteiger partial charge is 0.506 e. The van der Waals surface area contributed by atoms with Crippen molar-refractivity contribution in [2.24, 2.45) is 0 Å². The maximum atomic E-state index is 9.79. The summed E-state index contributed by atoms with van der Waals surface area (Å²) in [6.07, 6.45) is 0. The smallest absolute Gasteiger partial charge is 0.139 e. The highest BCUT2D eigenvalue weighted by atomic mass is 79.9. The Kier molecular flexibility index (Phi) is 4.15. The standard InChI is InChI=1S/C14H13BrClNO/c1-9-5-6-11(7-12(9)15)17-8-10-3-2-4-13(16)14(10)18/h2-7,17-18H,8H2,1H3. The molecule has 0 unspecified atom stereocenters. The minimum atomic E-state index is 0.137. The van der Waals surface area contributed by atoms with Gasteiger partial charge in [0, 0.05) is 22.3 Å². The highest BCUT2D eigenvalue weighted by Crippen LogP contribution is 2.28. The quantitative estimate of drug-likeness (QED) is 0.854. The van der Waals surface area contributed by atoms with Crippen molar-refractivity contribution in [3.05, 3.63) is 57.0 Å². The number of hydrogen-bond acceptors (Lipinski definition) is 2. The van der Waals surface area contributed by atoms with Crippen molar-refractivity contribution in [3.63, 3.8) is 0 Å².